The second kappa shape index (κ2) is 11.6. The van der Waals surface area contributed by atoms with Gasteiger partial charge in [0.05, 0.1) is 15.1 Å². The number of thiazole rings is 1. The van der Waals surface area contributed by atoms with Crippen LogP contribution in [0, 0.1) is 6.92 Å². The van der Waals surface area contributed by atoms with Gasteiger partial charge < -0.3 is 4.57 Å². The fourth-order valence-electron chi connectivity index (χ4n) is 3.79. The minimum absolute atomic E-state index is 0.201. The summed E-state index contributed by atoms with van der Waals surface area (Å²) in [5, 5.41) is 0.675. The fraction of sp³-hybridized carbons (Fsp3) is 0.440. The maximum atomic E-state index is 13.2. The van der Waals surface area contributed by atoms with Crippen molar-refractivity contribution in [2.75, 3.05) is 13.1 Å². The number of rotatable bonds is 10. The normalized spacial score (nSPS) is 12.7. The fourth-order valence-corrected chi connectivity index (χ4v) is 6.61. The van der Waals surface area contributed by atoms with E-state index in [0.29, 0.717) is 35.0 Å². The van der Waals surface area contributed by atoms with Crippen molar-refractivity contribution in [3.05, 3.63) is 57.3 Å². The van der Waals surface area contributed by atoms with Gasteiger partial charge >= 0.3 is 0 Å². The summed E-state index contributed by atoms with van der Waals surface area (Å²) >= 11 is 7.73. The van der Waals surface area contributed by atoms with Crippen molar-refractivity contribution < 1.29 is 13.2 Å². The van der Waals surface area contributed by atoms with Crippen molar-refractivity contribution in [1.29, 1.82) is 0 Å². The lowest BCUT2D eigenvalue weighted by atomic mass is 10.2. The van der Waals surface area contributed by atoms with Crippen LogP contribution in [-0.4, -0.2) is 36.3 Å². The molecule has 0 unspecified atom stereocenters. The van der Waals surface area contributed by atoms with Crippen LogP contribution in [-0.2, 0) is 16.6 Å². The first-order valence-electron chi connectivity index (χ1n) is 11.7. The molecule has 0 atom stereocenters. The van der Waals surface area contributed by atoms with E-state index in [4.69, 9.17) is 11.6 Å². The highest BCUT2D eigenvalue weighted by atomic mass is 35.5. The molecule has 0 radical (unpaired) electrons. The molecule has 184 valence electrons. The second-order valence-electron chi connectivity index (χ2n) is 8.20. The van der Waals surface area contributed by atoms with Crippen molar-refractivity contribution in [2.24, 2.45) is 4.99 Å². The largest absolute Gasteiger partial charge is 0.316 e. The molecule has 0 aliphatic heterocycles. The maximum absolute atomic E-state index is 13.2. The number of aryl methyl sites for hydroxylation is 2. The van der Waals surface area contributed by atoms with Crippen LogP contribution in [0.1, 0.15) is 62.4 Å². The Balaban J connectivity index is 1.92. The van der Waals surface area contributed by atoms with Crippen LogP contribution < -0.4 is 4.80 Å². The van der Waals surface area contributed by atoms with Crippen LogP contribution >= 0.6 is 22.9 Å². The Morgan fingerprint density at radius 1 is 1.03 bits per heavy atom. The number of unbranched alkanes of at least 4 members (excludes halogenated alkanes) is 2. The lowest BCUT2D eigenvalue weighted by Gasteiger charge is -2.22. The molecule has 1 amide bonds. The van der Waals surface area contributed by atoms with Crippen molar-refractivity contribution in [3.63, 3.8) is 0 Å². The molecule has 0 saturated heterocycles. The molecule has 3 rings (SSSR count). The molecule has 0 fully saturated rings. The molecule has 2 aromatic carbocycles. The van der Waals surface area contributed by atoms with E-state index in [0.717, 1.165) is 41.5 Å². The number of nitrogens with zero attached hydrogens (tertiary/aromatic N) is 3. The topological polar surface area (TPSA) is 71.7 Å². The van der Waals surface area contributed by atoms with Gasteiger partial charge in [-0.05, 0) is 68.7 Å². The third kappa shape index (κ3) is 5.62. The third-order valence-corrected chi connectivity index (χ3v) is 9.17. The molecule has 3 aromatic rings. The zero-order valence-corrected chi connectivity index (χ0v) is 22.6. The predicted molar refractivity (Wildman–Crippen MR) is 140 cm³/mol. The minimum atomic E-state index is -3.61. The molecule has 0 N–H and O–H groups in total. The molecule has 9 heteroatoms. The van der Waals surface area contributed by atoms with Gasteiger partial charge in [0.1, 0.15) is 0 Å². The average Bonchev–Trinajstić information content (AvgIpc) is 3.19. The van der Waals surface area contributed by atoms with Gasteiger partial charge in [-0.25, -0.2) is 8.42 Å². The third-order valence-electron chi connectivity index (χ3n) is 5.80. The molecule has 0 aliphatic carbocycles. The van der Waals surface area contributed by atoms with E-state index in [1.807, 2.05) is 44.4 Å². The number of sulfonamides is 1. The Morgan fingerprint density at radius 2 is 1.65 bits per heavy atom. The number of carbonyl (C=O) groups excluding carboxylic acids is 1. The number of amides is 1. The van der Waals surface area contributed by atoms with Gasteiger partial charge in [0.2, 0.25) is 10.0 Å². The summed E-state index contributed by atoms with van der Waals surface area (Å²) in [6.07, 6.45) is 3.48. The van der Waals surface area contributed by atoms with Gasteiger partial charge in [-0.2, -0.15) is 9.30 Å². The van der Waals surface area contributed by atoms with E-state index in [2.05, 4.69) is 4.99 Å². The minimum Gasteiger partial charge on any atom is -0.316 e. The van der Waals surface area contributed by atoms with E-state index in [1.165, 1.54) is 23.5 Å². The van der Waals surface area contributed by atoms with Crippen molar-refractivity contribution in [1.82, 2.24) is 8.87 Å². The molecular formula is C25H32ClN3O3S2. The van der Waals surface area contributed by atoms with Gasteiger partial charge in [-0.15, -0.1) is 0 Å². The molecular weight excluding hydrogens is 490 g/mol. The van der Waals surface area contributed by atoms with E-state index < -0.39 is 15.9 Å². The first-order chi connectivity index (χ1) is 16.2. The highest BCUT2D eigenvalue weighted by Crippen LogP contribution is 2.27. The van der Waals surface area contributed by atoms with Gasteiger partial charge in [0, 0.05) is 30.2 Å². The summed E-state index contributed by atoms with van der Waals surface area (Å²) < 4.78 is 30.9. The molecule has 6 nitrogen and oxygen atoms in total. The predicted octanol–water partition coefficient (Wildman–Crippen LogP) is 6.02. The number of hydrogen-bond donors (Lipinski definition) is 0. The van der Waals surface area contributed by atoms with Crippen LogP contribution in [0.2, 0.25) is 5.02 Å². The van der Waals surface area contributed by atoms with Crippen LogP contribution in [0.3, 0.4) is 0 Å². The zero-order chi connectivity index (χ0) is 24.9. The molecule has 0 spiro atoms. The summed E-state index contributed by atoms with van der Waals surface area (Å²) in [6.45, 7) is 9.70. The summed E-state index contributed by atoms with van der Waals surface area (Å²) in [5.41, 5.74) is 2.28. The van der Waals surface area contributed by atoms with Crippen LogP contribution in [0.25, 0.3) is 10.2 Å². The molecule has 0 saturated carbocycles. The Labute approximate surface area is 211 Å². The number of aromatic nitrogens is 1. The van der Waals surface area contributed by atoms with Crippen LogP contribution in [0.5, 0.6) is 0 Å². The molecule has 34 heavy (non-hydrogen) atoms. The molecule has 0 bridgehead atoms. The number of fused-ring (bicyclic) bond motifs is 1. The Kier molecular flexibility index (Phi) is 9.09. The van der Waals surface area contributed by atoms with Gasteiger partial charge in [0.25, 0.3) is 5.91 Å². The zero-order valence-electron chi connectivity index (χ0n) is 20.2. The number of hydrogen-bond acceptors (Lipinski definition) is 4. The maximum Gasteiger partial charge on any atom is 0.279 e. The second-order valence-corrected chi connectivity index (χ2v) is 11.6. The highest BCUT2D eigenvalue weighted by Gasteiger charge is 2.23. The summed E-state index contributed by atoms with van der Waals surface area (Å²) in [6, 6.07) is 9.89. The van der Waals surface area contributed by atoms with Gasteiger partial charge in [-0.3, -0.25) is 4.79 Å². The van der Waals surface area contributed by atoms with Gasteiger partial charge in [0.15, 0.2) is 4.80 Å². The van der Waals surface area contributed by atoms with Crippen molar-refractivity contribution in [3.8, 4) is 0 Å². The first kappa shape index (κ1) is 26.6. The average molecular weight is 522 g/mol. The molecule has 1 heterocycles. The number of halogens is 1. The Bertz CT molecular complexity index is 1320. The van der Waals surface area contributed by atoms with E-state index >= 15 is 0 Å². The molecule has 1 aromatic heterocycles. The van der Waals surface area contributed by atoms with Crippen LogP contribution in [0.15, 0.2) is 46.3 Å². The van der Waals surface area contributed by atoms with E-state index in [9.17, 15) is 13.2 Å². The Morgan fingerprint density at radius 3 is 2.21 bits per heavy atom. The lowest BCUT2D eigenvalue weighted by Crippen LogP contribution is -2.33. The lowest BCUT2D eigenvalue weighted by molar-refractivity contribution is 0.0997. The summed E-state index contributed by atoms with van der Waals surface area (Å²) in [7, 11) is -3.61. The molecule has 0 aliphatic rings. The summed E-state index contributed by atoms with van der Waals surface area (Å²) in [4.78, 5) is 18.1. The van der Waals surface area contributed by atoms with Crippen molar-refractivity contribution in [2.45, 2.75) is 64.8 Å². The van der Waals surface area contributed by atoms with E-state index in [-0.39, 0.29) is 4.90 Å². The first-order valence-corrected chi connectivity index (χ1v) is 14.4. The number of carbonyl (C=O) groups is 1. The SMILES string of the molecule is CCCCN(CCCC)S(=O)(=O)c1ccc(C(=O)N=c2sc3ccc(Cl)c(C)c3n2CC)cc1. The summed E-state index contributed by atoms with van der Waals surface area (Å²) in [5.74, 6) is -0.407. The Hall–Kier alpha value is -2.00. The van der Waals surface area contributed by atoms with Crippen molar-refractivity contribution >= 4 is 49.1 Å². The monoisotopic (exact) mass is 521 g/mol. The quantitative estimate of drug-likeness (QED) is 0.327. The standard InChI is InChI=1S/C25H32ClN3O3S2/c1-5-8-16-28(17-9-6-2)34(31,32)20-12-10-19(11-13-20)24(30)27-25-29(7-3)23-18(4)21(26)14-15-22(23)33-25/h10-15H,5-9,16-17H2,1-4H3. The highest BCUT2D eigenvalue weighted by molar-refractivity contribution is 7.89. The smallest absolute Gasteiger partial charge is 0.279 e. The number of benzene rings is 2. The van der Waals surface area contributed by atoms with Gasteiger partial charge in [-0.1, -0.05) is 49.6 Å². The van der Waals surface area contributed by atoms with E-state index in [1.54, 1.807) is 16.4 Å². The van der Waals surface area contributed by atoms with Crippen LogP contribution in [0.4, 0.5) is 0 Å².